The third-order valence-corrected chi connectivity index (χ3v) is 4.31. The molecule has 1 aromatic heterocycles. The molecule has 0 amide bonds. The maximum absolute atomic E-state index is 13.6. The lowest BCUT2D eigenvalue weighted by atomic mass is 10.0. The first-order chi connectivity index (χ1) is 11.2. The second-order valence-electron chi connectivity index (χ2n) is 5.87. The number of halogens is 1. The molecule has 0 spiro atoms. The van der Waals surface area contributed by atoms with Gasteiger partial charge in [0.1, 0.15) is 5.82 Å². The van der Waals surface area contributed by atoms with Gasteiger partial charge in [-0.2, -0.15) is 5.10 Å². The molecule has 1 aliphatic heterocycles. The highest BCUT2D eigenvalue weighted by molar-refractivity contribution is 5.21. The zero-order chi connectivity index (χ0) is 16.1. The normalized spacial score (nSPS) is 17.3. The Morgan fingerprint density at radius 2 is 2.22 bits per heavy atom. The van der Waals surface area contributed by atoms with Crippen molar-refractivity contribution < 1.29 is 9.13 Å². The number of rotatable bonds is 6. The van der Waals surface area contributed by atoms with E-state index in [0.29, 0.717) is 0 Å². The number of morpholine rings is 1. The minimum atomic E-state index is -0.188. The quantitative estimate of drug-likeness (QED) is 0.856. The molecule has 1 atom stereocenters. The third-order valence-electron chi connectivity index (χ3n) is 4.31. The average Bonchev–Trinajstić information content (AvgIpc) is 2.97. The predicted octanol–water partition coefficient (Wildman–Crippen LogP) is 2.02. The number of hydrogen-bond donors (Lipinski definition) is 2. The van der Waals surface area contributed by atoms with Crippen LogP contribution in [0.4, 0.5) is 4.39 Å². The van der Waals surface area contributed by atoms with Crippen LogP contribution in [0.1, 0.15) is 22.9 Å². The molecule has 2 heterocycles. The number of ether oxygens (including phenoxy) is 1. The molecule has 1 aliphatic rings. The molecule has 1 fully saturated rings. The van der Waals surface area contributed by atoms with E-state index in [1.807, 2.05) is 19.2 Å². The summed E-state index contributed by atoms with van der Waals surface area (Å²) in [6.07, 6.45) is 1.84. The first-order valence-electron chi connectivity index (χ1n) is 8.01. The molecule has 5 nitrogen and oxygen atoms in total. The van der Waals surface area contributed by atoms with Crippen molar-refractivity contribution >= 4 is 0 Å². The summed E-state index contributed by atoms with van der Waals surface area (Å²) in [5.74, 6) is -0.188. The molecular weight excluding hydrogens is 295 g/mol. The lowest BCUT2D eigenvalue weighted by molar-refractivity contribution is 0.0160. The highest BCUT2D eigenvalue weighted by Gasteiger charge is 2.22. The van der Waals surface area contributed by atoms with Crippen LogP contribution in [0.3, 0.4) is 0 Å². The number of H-pyrrole nitrogens is 1. The van der Waals surface area contributed by atoms with Crippen LogP contribution < -0.4 is 5.32 Å². The van der Waals surface area contributed by atoms with Gasteiger partial charge in [0.2, 0.25) is 0 Å². The van der Waals surface area contributed by atoms with Gasteiger partial charge in [-0.3, -0.25) is 10.00 Å². The summed E-state index contributed by atoms with van der Waals surface area (Å²) in [5, 5.41) is 10.5. The summed E-state index contributed by atoms with van der Waals surface area (Å²) >= 11 is 0. The summed E-state index contributed by atoms with van der Waals surface area (Å²) in [7, 11) is 0. The van der Waals surface area contributed by atoms with Crippen molar-refractivity contribution in [3.05, 3.63) is 53.1 Å². The number of aromatic nitrogens is 2. The van der Waals surface area contributed by atoms with Gasteiger partial charge in [0.05, 0.1) is 19.4 Å². The Morgan fingerprint density at radius 3 is 2.91 bits per heavy atom. The first kappa shape index (κ1) is 16.1. The minimum absolute atomic E-state index is 0.141. The van der Waals surface area contributed by atoms with Gasteiger partial charge in [-0.25, -0.2) is 4.39 Å². The predicted molar refractivity (Wildman–Crippen MR) is 86.6 cm³/mol. The lowest BCUT2D eigenvalue weighted by Gasteiger charge is -2.35. The molecule has 124 valence electrons. The van der Waals surface area contributed by atoms with Crippen molar-refractivity contribution in [1.82, 2.24) is 20.4 Å². The van der Waals surface area contributed by atoms with Gasteiger partial charge in [0, 0.05) is 43.5 Å². The minimum Gasteiger partial charge on any atom is -0.379 e. The highest BCUT2D eigenvalue weighted by Crippen LogP contribution is 2.22. The Labute approximate surface area is 135 Å². The topological polar surface area (TPSA) is 53.2 Å². The monoisotopic (exact) mass is 318 g/mol. The van der Waals surface area contributed by atoms with E-state index in [9.17, 15) is 4.39 Å². The summed E-state index contributed by atoms with van der Waals surface area (Å²) < 4.78 is 19.1. The van der Waals surface area contributed by atoms with Crippen LogP contribution in [0.15, 0.2) is 30.5 Å². The van der Waals surface area contributed by atoms with E-state index in [4.69, 9.17) is 4.74 Å². The molecule has 0 radical (unpaired) electrons. The summed E-state index contributed by atoms with van der Waals surface area (Å²) in [5.41, 5.74) is 3.24. The van der Waals surface area contributed by atoms with Gasteiger partial charge >= 0.3 is 0 Å². The van der Waals surface area contributed by atoms with Gasteiger partial charge in [-0.05, 0) is 24.6 Å². The number of benzene rings is 1. The fourth-order valence-electron chi connectivity index (χ4n) is 2.96. The van der Waals surface area contributed by atoms with E-state index < -0.39 is 0 Å². The molecule has 0 saturated carbocycles. The number of nitrogens with zero attached hydrogens (tertiary/aromatic N) is 2. The van der Waals surface area contributed by atoms with Crippen molar-refractivity contribution in [1.29, 1.82) is 0 Å². The zero-order valence-electron chi connectivity index (χ0n) is 13.4. The van der Waals surface area contributed by atoms with E-state index in [2.05, 4.69) is 20.4 Å². The first-order valence-corrected chi connectivity index (χ1v) is 8.01. The Bertz CT molecular complexity index is 625. The molecule has 23 heavy (non-hydrogen) atoms. The lowest BCUT2D eigenvalue weighted by Crippen LogP contribution is -2.42. The number of nitrogens with one attached hydrogen (secondary N) is 2. The number of aromatic amines is 1. The van der Waals surface area contributed by atoms with Gasteiger partial charge < -0.3 is 10.1 Å². The van der Waals surface area contributed by atoms with Crippen molar-refractivity contribution in [3.63, 3.8) is 0 Å². The SMILES string of the molecule is Cc1[nH]ncc1CNC[C@@H](c1cccc(F)c1)N1CCOCC1. The van der Waals surface area contributed by atoms with Crippen LogP contribution in [-0.2, 0) is 11.3 Å². The third kappa shape index (κ3) is 4.16. The van der Waals surface area contributed by atoms with E-state index in [1.165, 1.54) is 6.07 Å². The second-order valence-corrected chi connectivity index (χ2v) is 5.87. The second kappa shape index (κ2) is 7.68. The molecule has 3 rings (SSSR count). The molecule has 1 aromatic carbocycles. The van der Waals surface area contributed by atoms with Crippen LogP contribution >= 0.6 is 0 Å². The van der Waals surface area contributed by atoms with Crippen molar-refractivity contribution in [2.45, 2.75) is 19.5 Å². The molecular formula is C17H23FN4O. The molecule has 0 bridgehead atoms. The number of hydrogen-bond acceptors (Lipinski definition) is 4. The van der Waals surface area contributed by atoms with Gasteiger partial charge in [0.15, 0.2) is 0 Å². The van der Waals surface area contributed by atoms with E-state index in [1.54, 1.807) is 12.1 Å². The maximum atomic E-state index is 13.6. The fourth-order valence-corrected chi connectivity index (χ4v) is 2.96. The summed E-state index contributed by atoms with van der Waals surface area (Å²) in [4.78, 5) is 2.35. The molecule has 2 aromatic rings. The Kier molecular flexibility index (Phi) is 5.38. The smallest absolute Gasteiger partial charge is 0.123 e. The van der Waals surface area contributed by atoms with Crippen LogP contribution in [0.25, 0.3) is 0 Å². The van der Waals surface area contributed by atoms with E-state index in [-0.39, 0.29) is 11.9 Å². The molecule has 2 N–H and O–H groups in total. The van der Waals surface area contributed by atoms with Crippen molar-refractivity contribution in [2.24, 2.45) is 0 Å². The average molecular weight is 318 g/mol. The molecule has 1 saturated heterocycles. The molecule has 6 heteroatoms. The van der Waals surface area contributed by atoms with Crippen LogP contribution in [-0.4, -0.2) is 47.9 Å². The Balaban J connectivity index is 1.68. The van der Waals surface area contributed by atoms with Crippen LogP contribution in [0, 0.1) is 12.7 Å². The molecule has 0 aliphatic carbocycles. The van der Waals surface area contributed by atoms with E-state index in [0.717, 1.165) is 56.2 Å². The van der Waals surface area contributed by atoms with Crippen LogP contribution in [0.2, 0.25) is 0 Å². The highest BCUT2D eigenvalue weighted by atomic mass is 19.1. The van der Waals surface area contributed by atoms with Gasteiger partial charge in [-0.15, -0.1) is 0 Å². The summed E-state index contributed by atoms with van der Waals surface area (Å²) in [6.45, 7) is 6.71. The fraction of sp³-hybridized carbons (Fsp3) is 0.471. The molecule has 0 unspecified atom stereocenters. The summed E-state index contributed by atoms with van der Waals surface area (Å²) in [6, 6.07) is 7.03. The maximum Gasteiger partial charge on any atom is 0.123 e. The van der Waals surface area contributed by atoms with Crippen molar-refractivity contribution in [3.8, 4) is 0 Å². The Hall–Kier alpha value is -1.76. The van der Waals surface area contributed by atoms with Crippen molar-refractivity contribution in [2.75, 3.05) is 32.8 Å². The zero-order valence-corrected chi connectivity index (χ0v) is 13.4. The number of aryl methyl sites for hydroxylation is 1. The van der Waals surface area contributed by atoms with E-state index >= 15 is 0 Å². The van der Waals surface area contributed by atoms with Gasteiger partial charge in [0.25, 0.3) is 0 Å². The Morgan fingerprint density at radius 1 is 1.39 bits per heavy atom. The van der Waals surface area contributed by atoms with Crippen LogP contribution in [0.5, 0.6) is 0 Å². The van der Waals surface area contributed by atoms with Gasteiger partial charge in [-0.1, -0.05) is 12.1 Å². The largest absolute Gasteiger partial charge is 0.379 e. The standard InChI is InChI=1S/C17H23FN4O/c1-13-15(11-20-21-13)10-19-12-17(22-5-7-23-8-6-22)14-3-2-4-16(18)9-14/h2-4,9,11,17,19H,5-8,10,12H2,1H3,(H,20,21)/t17-/m0/s1.